The monoisotopic (exact) mass is 436 g/mol. The number of aromatic nitrogens is 2. The summed E-state index contributed by atoms with van der Waals surface area (Å²) < 4.78 is 0. The fourth-order valence-electron chi connectivity index (χ4n) is 3.36. The van der Waals surface area contributed by atoms with Gasteiger partial charge in [0.25, 0.3) is 5.91 Å². The number of hydrogen-bond acceptors (Lipinski definition) is 5. The summed E-state index contributed by atoms with van der Waals surface area (Å²) in [5.41, 5.74) is 4.91. The molecule has 2 aromatic carbocycles. The van der Waals surface area contributed by atoms with Gasteiger partial charge in [0.15, 0.2) is 5.16 Å². The van der Waals surface area contributed by atoms with Crippen molar-refractivity contribution in [3.05, 3.63) is 82.0 Å². The molecule has 0 radical (unpaired) electrons. The zero-order valence-corrected chi connectivity index (χ0v) is 18.6. The third kappa shape index (κ3) is 4.75. The molecule has 0 saturated carbocycles. The van der Waals surface area contributed by atoms with E-state index in [1.165, 1.54) is 5.56 Å². The van der Waals surface area contributed by atoms with E-state index in [1.54, 1.807) is 23.1 Å². The number of imidazole rings is 1. The maximum absolute atomic E-state index is 13.0. The van der Waals surface area contributed by atoms with Crippen LogP contribution in [0.25, 0.3) is 11.0 Å². The van der Waals surface area contributed by atoms with Gasteiger partial charge >= 0.3 is 0 Å². The number of carbonyl (C=O) groups excluding carboxylic acids is 1. The van der Waals surface area contributed by atoms with Crippen LogP contribution >= 0.6 is 23.1 Å². The fourth-order valence-corrected chi connectivity index (χ4v) is 4.96. The molecule has 7 heteroatoms. The first-order valence-electron chi connectivity index (χ1n) is 9.74. The van der Waals surface area contributed by atoms with Gasteiger partial charge < -0.3 is 15.2 Å². The highest BCUT2D eigenvalue weighted by Crippen LogP contribution is 2.25. The second-order valence-corrected chi connectivity index (χ2v) is 9.00. The van der Waals surface area contributed by atoms with Gasteiger partial charge in [0.05, 0.1) is 17.1 Å². The van der Waals surface area contributed by atoms with Crippen molar-refractivity contribution in [2.24, 2.45) is 0 Å². The van der Waals surface area contributed by atoms with E-state index in [1.807, 2.05) is 62.6 Å². The Labute approximate surface area is 184 Å². The fraction of sp³-hybridized carbons (Fsp3) is 0.217. The number of hydrogen-bond donors (Lipinski definition) is 2. The molecule has 0 fully saturated rings. The number of nitrogens with zero attached hydrogens (tertiary/aromatic N) is 2. The first-order valence-corrected chi connectivity index (χ1v) is 11.7. The van der Waals surface area contributed by atoms with E-state index in [0.29, 0.717) is 17.9 Å². The summed E-state index contributed by atoms with van der Waals surface area (Å²) in [6.45, 7) is 0.563. The van der Waals surface area contributed by atoms with Gasteiger partial charge in [-0.25, -0.2) is 4.98 Å². The summed E-state index contributed by atoms with van der Waals surface area (Å²) in [7, 11) is 4.07. The summed E-state index contributed by atoms with van der Waals surface area (Å²) in [6.07, 6.45) is 0. The summed E-state index contributed by atoms with van der Waals surface area (Å²) in [5.74, 6) is 0.628. The molecule has 0 aliphatic heterocycles. The van der Waals surface area contributed by atoms with Crippen LogP contribution in [-0.2, 0) is 5.75 Å². The molecule has 30 heavy (non-hydrogen) atoms. The molecule has 0 spiro atoms. The van der Waals surface area contributed by atoms with Gasteiger partial charge in [-0.15, -0.1) is 0 Å². The van der Waals surface area contributed by atoms with Crippen LogP contribution < -0.4 is 5.32 Å². The third-order valence-electron chi connectivity index (χ3n) is 5.00. The molecule has 4 aromatic rings. The van der Waals surface area contributed by atoms with E-state index in [9.17, 15) is 4.79 Å². The normalized spacial score (nSPS) is 12.4. The standard InChI is InChI=1S/C23H24N4OS2/c1-27(2)21(17-11-12-29-14-17)13-24-22(28)18-8-4-3-7-16(18)15-30-23-25-19-9-5-6-10-20(19)26-23/h3-12,14,21H,13,15H2,1-2H3,(H,24,28)(H,25,26)/t21-/m1/s1. The predicted molar refractivity (Wildman–Crippen MR) is 125 cm³/mol. The lowest BCUT2D eigenvalue weighted by atomic mass is 10.1. The minimum absolute atomic E-state index is 0.0436. The van der Waals surface area contributed by atoms with Gasteiger partial charge in [-0.05, 0) is 60.2 Å². The van der Waals surface area contributed by atoms with E-state index in [0.717, 1.165) is 21.8 Å². The zero-order chi connectivity index (χ0) is 20.9. The Hall–Kier alpha value is -2.61. The summed E-state index contributed by atoms with van der Waals surface area (Å²) in [4.78, 5) is 23.0. The van der Waals surface area contributed by atoms with Crippen molar-refractivity contribution in [1.29, 1.82) is 0 Å². The van der Waals surface area contributed by atoms with Gasteiger partial charge in [0, 0.05) is 17.9 Å². The Balaban J connectivity index is 1.43. The second kappa shape index (κ2) is 9.47. The number of thiophene rings is 1. The van der Waals surface area contributed by atoms with Crippen molar-refractivity contribution < 1.29 is 4.79 Å². The molecule has 154 valence electrons. The zero-order valence-electron chi connectivity index (χ0n) is 17.0. The minimum atomic E-state index is -0.0436. The Bertz CT molecular complexity index is 1090. The number of rotatable bonds is 8. The van der Waals surface area contributed by atoms with Crippen LogP contribution in [0.2, 0.25) is 0 Å². The molecular formula is C23H24N4OS2. The van der Waals surface area contributed by atoms with Gasteiger partial charge in [-0.1, -0.05) is 42.1 Å². The average molecular weight is 437 g/mol. The molecule has 4 rings (SSSR count). The van der Waals surface area contributed by atoms with Gasteiger partial charge in [-0.2, -0.15) is 11.3 Å². The highest BCUT2D eigenvalue weighted by Gasteiger charge is 2.18. The van der Waals surface area contributed by atoms with Crippen molar-refractivity contribution in [3.63, 3.8) is 0 Å². The molecule has 1 atom stereocenters. The van der Waals surface area contributed by atoms with E-state index < -0.39 is 0 Å². The first kappa shape index (κ1) is 20.7. The van der Waals surface area contributed by atoms with E-state index in [4.69, 9.17) is 0 Å². The number of carbonyl (C=O) groups is 1. The molecule has 0 bridgehead atoms. The Morgan fingerprint density at radius 1 is 1.17 bits per heavy atom. The predicted octanol–water partition coefficient (Wildman–Crippen LogP) is 4.95. The maximum Gasteiger partial charge on any atom is 0.251 e. The first-order chi connectivity index (χ1) is 14.6. The van der Waals surface area contributed by atoms with E-state index in [2.05, 4.69) is 37.0 Å². The van der Waals surface area contributed by atoms with Crippen molar-refractivity contribution >= 4 is 40.0 Å². The van der Waals surface area contributed by atoms with Gasteiger partial charge in [0.1, 0.15) is 0 Å². The van der Waals surface area contributed by atoms with Crippen molar-refractivity contribution in [2.45, 2.75) is 17.0 Å². The SMILES string of the molecule is CN(C)[C@H](CNC(=O)c1ccccc1CSc1nc2ccccc2[nH]1)c1ccsc1. The van der Waals surface area contributed by atoms with E-state index >= 15 is 0 Å². The molecule has 1 amide bonds. The number of nitrogens with one attached hydrogen (secondary N) is 2. The van der Waals surface area contributed by atoms with Gasteiger partial charge in [0.2, 0.25) is 0 Å². The second-order valence-electron chi connectivity index (χ2n) is 7.25. The van der Waals surface area contributed by atoms with Gasteiger partial charge in [-0.3, -0.25) is 4.79 Å². The highest BCUT2D eigenvalue weighted by atomic mass is 32.2. The molecule has 0 unspecified atom stereocenters. The molecule has 2 N–H and O–H groups in total. The number of benzene rings is 2. The van der Waals surface area contributed by atoms with Crippen molar-refractivity contribution in [2.75, 3.05) is 20.6 Å². The molecule has 2 heterocycles. The molecule has 0 aliphatic rings. The average Bonchev–Trinajstić information content (AvgIpc) is 3.42. The van der Waals surface area contributed by atoms with Crippen LogP contribution in [0.4, 0.5) is 0 Å². The largest absolute Gasteiger partial charge is 0.350 e. The molecule has 0 aliphatic carbocycles. The van der Waals surface area contributed by atoms with Crippen LogP contribution in [0, 0.1) is 0 Å². The Kier molecular flexibility index (Phi) is 6.52. The number of H-pyrrole nitrogens is 1. The van der Waals surface area contributed by atoms with Crippen molar-refractivity contribution in [3.8, 4) is 0 Å². The summed E-state index contributed by atoms with van der Waals surface area (Å²) in [5, 5.41) is 8.18. The van der Waals surface area contributed by atoms with Crippen LogP contribution in [0.15, 0.2) is 70.5 Å². The maximum atomic E-state index is 13.0. The number of amides is 1. The third-order valence-corrected chi connectivity index (χ3v) is 6.62. The number of thioether (sulfide) groups is 1. The number of aromatic amines is 1. The summed E-state index contributed by atoms with van der Waals surface area (Å²) >= 11 is 3.28. The summed E-state index contributed by atoms with van der Waals surface area (Å²) in [6, 6.07) is 18.0. The lowest BCUT2D eigenvalue weighted by Crippen LogP contribution is -2.34. The number of fused-ring (bicyclic) bond motifs is 1. The van der Waals surface area contributed by atoms with Crippen LogP contribution in [0.1, 0.15) is 27.5 Å². The Morgan fingerprint density at radius 2 is 1.97 bits per heavy atom. The molecule has 0 saturated heterocycles. The van der Waals surface area contributed by atoms with Crippen LogP contribution in [-0.4, -0.2) is 41.4 Å². The lowest BCUT2D eigenvalue weighted by molar-refractivity contribution is 0.0941. The highest BCUT2D eigenvalue weighted by molar-refractivity contribution is 7.98. The lowest BCUT2D eigenvalue weighted by Gasteiger charge is -2.24. The number of para-hydroxylation sites is 2. The van der Waals surface area contributed by atoms with Crippen LogP contribution in [0.5, 0.6) is 0 Å². The quantitative estimate of drug-likeness (QED) is 0.384. The van der Waals surface area contributed by atoms with E-state index in [-0.39, 0.29) is 11.9 Å². The van der Waals surface area contributed by atoms with Crippen LogP contribution in [0.3, 0.4) is 0 Å². The molecule has 2 aromatic heterocycles. The number of likely N-dealkylation sites (N-methyl/N-ethyl adjacent to an activating group) is 1. The smallest absolute Gasteiger partial charge is 0.251 e. The Morgan fingerprint density at radius 3 is 2.73 bits per heavy atom. The molecule has 5 nitrogen and oxygen atoms in total. The van der Waals surface area contributed by atoms with Crippen molar-refractivity contribution in [1.82, 2.24) is 20.2 Å². The topological polar surface area (TPSA) is 61.0 Å². The minimum Gasteiger partial charge on any atom is -0.350 e. The molecular weight excluding hydrogens is 412 g/mol.